The summed E-state index contributed by atoms with van der Waals surface area (Å²) in [5.41, 5.74) is 2.37. The van der Waals surface area contributed by atoms with Crippen LogP contribution in [0.4, 0.5) is 0 Å². The number of rotatable bonds is 10. The van der Waals surface area contributed by atoms with E-state index in [1.807, 2.05) is 4.57 Å². The maximum atomic E-state index is 11.0. The molecule has 1 rings (SSSR count). The van der Waals surface area contributed by atoms with Crippen LogP contribution in [0.5, 0.6) is 0 Å². The van der Waals surface area contributed by atoms with Crippen LogP contribution in [0.25, 0.3) is 0 Å². The van der Waals surface area contributed by atoms with Gasteiger partial charge in [-0.05, 0) is 37.8 Å². The van der Waals surface area contributed by atoms with Crippen LogP contribution >= 0.6 is 0 Å². The van der Waals surface area contributed by atoms with Crippen LogP contribution in [-0.2, 0) is 24.2 Å². The van der Waals surface area contributed by atoms with Crippen LogP contribution < -0.4 is 0 Å². The standard InChI is InChI=1S/C16H27NO2/c1-3-5-7-9-14-11-12-15(10-8-6-4-2)17(14)13-16(18)19/h11-12H,3-10,13H2,1-2H3,(H,18,19). The Morgan fingerprint density at radius 3 is 1.84 bits per heavy atom. The third kappa shape index (κ3) is 5.50. The molecule has 0 aliphatic heterocycles. The topological polar surface area (TPSA) is 42.2 Å². The number of aryl methyl sites for hydroxylation is 2. The summed E-state index contributed by atoms with van der Waals surface area (Å²) in [6.07, 6.45) is 9.10. The first-order valence-corrected chi connectivity index (χ1v) is 7.58. The maximum absolute atomic E-state index is 11.0. The lowest BCUT2D eigenvalue weighted by Crippen LogP contribution is -2.14. The highest BCUT2D eigenvalue weighted by atomic mass is 16.4. The number of nitrogens with zero attached hydrogens (tertiary/aromatic N) is 1. The van der Waals surface area contributed by atoms with Gasteiger partial charge in [0.15, 0.2) is 0 Å². The zero-order valence-electron chi connectivity index (χ0n) is 12.3. The molecule has 108 valence electrons. The van der Waals surface area contributed by atoms with Crippen LogP contribution in [0, 0.1) is 0 Å². The van der Waals surface area contributed by atoms with Crippen molar-refractivity contribution >= 4 is 5.97 Å². The molecule has 0 amide bonds. The van der Waals surface area contributed by atoms with Crippen LogP contribution in [0.1, 0.15) is 63.8 Å². The van der Waals surface area contributed by atoms with Crippen molar-refractivity contribution in [2.75, 3.05) is 0 Å². The van der Waals surface area contributed by atoms with E-state index in [9.17, 15) is 4.79 Å². The monoisotopic (exact) mass is 265 g/mol. The number of carbonyl (C=O) groups is 1. The minimum absolute atomic E-state index is 0.107. The number of hydrogen-bond acceptors (Lipinski definition) is 1. The maximum Gasteiger partial charge on any atom is 0.323 e. The van der Waals surface area contributed by atoms with Crippen molar-refractivity contribution in [3.8, 4) is 0 Å². The smallest absolute Gasteiger partial charge is 0.323 e. The van der Waals surface area contributed by atoms with E-state index in [2.05, 4.69) is 26.0 Å². The number of carboxylic acids is 1. The van der Waals surface area contributed by atoms with Gasteiger partial charge in [0, 0.05) is 11.4 Å². The van der Waals surface area contributed by atoms with Gasteiger partial charge in [0.2, 0.25) is 0 Å². The van der Waals surface area contributed by atoms with Crippen molar-refractivity contribution in [1.29, 1.82) is 0 Å². The largest absolute Gasteiger partial charge is 0.480 e. The molecule has 3 nitrogen and oxygen atoms in total. The Hall–Kier alpha value is -1.25. The quantitative estimate of drug-likeness (QED) is 0.649. The van der Waals surface area contributed by atoms with E-state index in [0.29, 0.717) is 0 Å². The second kappa shape index (κ2) is 8.78. The second-order valence-electron chi connectivity index (χ2n) is 5.21. The van der Waals surface area contributed by atoms with Crippen molar-refractivity contribution in [2.24, 2.45) is 0 Å². The first-order valence-electron chi connectivity index (χ1n) is 7.58. The summed E-state index contributed by atoms with van der Waals surface area (Å²) in [5.74, 6) is -0.746. The average Bonchev–Trinajstić information content (AvgIpc) is 2.73. The van der Waals surface area contributed by atoms with Crippen LogP contribution in [0.15, 0.2) is 12.1 Å². The predicted octanol–water partition coefficient (Wildman–Crippen LogP) is 4.04. The summed E-state index contributed by atoms with van der Waals surface area (Å²) in [5, 5.41) is 9.06. The number of aliphatic carboxylic acids is 1. The fourth-order valence-electron chi connectivity index (χ4n) is 2.44. The Kier molecular flexibility index (Phi) is 7.31. The average molecular weight is 265 g/mol. The fraction of sp³-hybridized carbons (Fsp3) is 0.688. The molecule has 0 aliphatic rings. The Morgan fingerprint density at radius 2 is 1.47 bits per heavy atom. The van der Waals surface area contributed by atoms with E-state index in [0.717, 1.165) is 25.7 Å². The van der Waals surface area contributed by atoms with Crippen molar-refractivity contribution in [3.05, 3.63) is 23.5 Å². The third-order valence-corrected chi connectivity index (χ3v) is 3.53. The first-order chi connectivity index (χ1) is 9.19. The molecule has 0 saturated heterocycles. The number of hydrogen-bond donors (Lipinski definition) is 1. The van der Waals surface area contributed by atoms with Gasteiger partial charge in [-0.3, -0.25) is 4.79 Å². The van der Waals surface area contributed by atoms with E-state index in [-0.39, 0.29) is 6.54 Å². The highest BCUT2D eigenvalue weighted by molar-refractivity contribution is 5.66. The molecule has 0 bridgehead atoms. The molecule has 0 atom stereocenters. The zero-order valence-corrected chi connectivity index (χ0v) is 12.3. The molecule has 3 heteroatoms. The number of aromatic nitrogens is 1. The molecule has 0 saturated carbocycles. The summed E-state index contributed by atoms with van der Waals surface area (Å²) in [6.45, 7) is 4.48. The van der Waals surface area contributed by atoms with E-state index in [1.165, 1.54) is 37.1 Å². The van der Waals surface area contributed by atoms with Crippen molar-refractivity contribution in [2.45, 2.75) is 71.8 Å². The number of carboxylic acid groups (broad SMARTS) is 1. The summed E-state index contributed by atoms with van der Waals surface area (Å²) < 4.78 is 2.01. The Bertz CT molecular complexity index is 355. The summed E-state index contributed by atoms with van der Waals surface area (Å²) >= 11 is 0. The summed E-state index contributed by atoms with van der Waals surface area (Å²) in [6, 6.07) is 4.22. The molecule has 1 aromatic heterocycles. The molecule has 0 fully saturated rings. The molecule has 0 unspecified atom stereocenters. The van der Waals surface area contributed by atoms with Gasteiger partial charge in [0.1, 0.15) is 6.54 Å². The van der Waals surface area contributed by atoms with Gasteiger partial charge in [0.25, 0.3) is 0 Å². The molecule has 0 spiro atoms. The van der Waals surface area contributed by atoms with Crippen LogP contribution in [0.3, 0.4) is 0 Å². The normalized spacial score (nSPS) is 10.8. The molecule has 0 radical (unpaired) electrons. The van der Waals surface area contributed by atoms with Gasteiger partial charge in [0.05, 0.1) is 0 Å². The molecular weight excluding hydrogens is 238 g/mol. The highest BCUT2D eigenvalue weighted by Crippen LogP contribution is 2.15. The zero-order chi connectivity index (χ0) is 14.1. The molecular formula is C16H27NO2. The molecule has 1 heterocycles. The lowest BCUT2D eigenvalue weighted by Gasteiger charge is -2.11. The fourth-order valence-corrected chi connectivity index (χ4v) is 2.44. The van der Waals surface area contributed by atoms with Crippen molar-refractivity contribution in [1.82, 2.24) is 4.57 Å². The lowest BCUT2D eigenvalue weighted by atomic mass is 10.1. The first kappa shape index (κ1) is 15.8. The molecule has 19 heavy (non-hydrogen) atoms. The number of unbranched alkanes of at least 4 members (excludes halogenated alkanes) is 4. The van der Waals surface area contributed by atoms with E-state index >= 15 is 0 Å². The summed E-state index contributed by atoms with van der Waals surface area (Å²) in [7, 11) is 0. The predicted molar refractivity (Wildman–Crippen MR) is 78.5 cm³/mol. The molecule has 1 aromatic rings. The SMILES string of the molecule is CCCCCc1ccc(CCCCC)n1CC(=O)O. The van der Waals surface area contributed by atoms with Gasteiger partial charge in [-0.15, -0.1) is 0 Å². The Balaban J connectivity index is 2.70. The van der Waals surface area contributed by atoms with E-state index in [1.54, 1.807) is 0 Å². The molecule has 0 aromatic carbocycles. The second-order valence-corrected chi connectivity index (χ2v) is 5.21. The van der Waals surface area contributed by atoms with Gasteiger partial charge < -0.3 is 9.67 Å². The van der Waals surface area contributed by atoms with Gasteiger partial charge in [-0.2, -0.15) is 0 Å². The summed E-state index contributed by atoms with van der Waals surface area (Å²) in [4.78, 5) is 11.0. The van der Waals surface area contributed by atoms with Crippen molar-refractivity contribution in [3.63, 3.8) is 0 Å². The van der Waals surface area contributed by atoms with Gasteiger partial charge in [-0.1, -0.05) is 39.5 Å². The van der Waals surface area contributed by atoms with Gasteiger partial charge >= 0.3 is 5.97 Å². The van der Waals surface area contributed by atoms with E-state index < -0.39 is 5.97 Å². The molecule has 0 aliphatic carbocycles. The Labute approximate surface area is 116 Å². The van der Waals surface area contributed by atoms with Crippen molar-refractivity contribution < 1.29 is 9.90 Å². The molecule has 1 N–H and O–H groups in total. The van der Waals surface area contributed by atoms with Crippen LogP contribution in [-0.4, -0.2) is 15.6 Å². The van der Waals surface area contributed by atoms with Gasteiger partial charge in [-0.25, -0.2) is 0 Å². The van der Waals surface area contributed by atoms with Crippen LogP contribution in [0.2, 0.25) is 0 Å². The minimum atomic E-state index is -0.746. The minimum Gasteiger partial charge on any atom is -0.480 e. The van der Waals surface area contributed by atoms with E-state index in [4.69, 9.17) is 5.11 Å². The highest BCUT2D eigenvalue weighted by Gasteiger charge is 2.10. The Morgan fingerprint density at radius 1 is 1.00 bits per heavy atom. The third-order valence-electron chi connectivity index (χ3n) is 3.53. The lowest BCUT2D eigenvalue weighted by molar-refractivity contribution is -0.137.